The topological polar surface area (TPSA) is 74.6 Å². The number of carbonyl (C=O) groups is 2. The first kappa shape index (κ1) is 19.0. The summed E-state index contributed by atoms with van der Waals surface area (Å²) in [6, 6.07) is 0. The fraction of sp³-hybridized carbons (Fsp3) is 0.727. The van der Waals surface area contributed by atoms with Crippen molar-refractivity contribution in [2.75, 3.05) is 6.61 Å². The number of Topliss-reactive ketones (excluding diaryl/α,β-unsaturated/α-hetero) is 1. The van der Waals surface area contributed by atoms with E-state index < -0.39 is 35.0 Å². The van der Waals surface area contributed by atoms with Crippen LogP contribution in [0.2, 0.25) is 0 Å². The van der Waals surface area contributed by atoms with Crippen LogP contribution in [0.5, 0.6) is 0 Å². The molecule has 4 aliphatic carbocycles. The van der Waals surface area contributed by atoms with Crippen LogP contribution in [0.25, 0.3) is 0 Å². The van der Waals surface area contributed by atoms with E-state index in [2.05, 4.69) is 6.08 Å². The van der Waals surface area contributed by atoms with Gasteiger partial charge in [0.25, 0.3) is 0 Å². The van der Waals surface area contributed by atoms with Crippen LogP contribution in [0.1, 0.15) is 52.9 Å². The molecule has 2 fully saturated rings. The van der Waals surface area contributed by atoms with E-state index in [9.17, 15) is 19.8 Å². The van der Waals surface area contributed by atoms with E-state index in [4.69, 9.17) is 0 Å². The summed E-state index contributed by atoms with van der Waals surface area (Å²) in [5, 5.41) is 20.8. The lowest BCUT2D eigenvalue weighted by Crippen LogP contribution is -2.58. The Kier molecular flexibility index (Phi) is 4.11. The van der Waals surface area contributed by atoms with E-state index in [1.807, 2.05) is 20.8 Å². The van der Waals surface area contributed by atoms with Gasteiger partial charge in [0.1, 0.15) is 18.4 Å². The second-order valence-electron chi connectivity index (χ2n) is 9.58. The minimum absolute atomic E-state index is 0.00206. The van der Waals surface area contributed by atoms with Gasteiger partial charge >= 0.3 is 0 Å². The molecule has 2 N–H and O–H groups in total. The van der Waals surface area contributed by atoms with Crippen molar-refractivity contribution in [3.05, 3.63) is 23.3 Å². The van der Waals surface area contributed by atoms with Crippen LogP contribution >= 0.6 is 0 Å². The summed E-state index contributed by atoms with van der Waals surface area (Å²) < 4.78 is 15.2. The molecule has 0 spiro atoms. The van der Waals surface area contributed by atoms with Gasteiger partial charge in [0.15, 0.2) is 11.6 Å². The average molecular weight is 376 g/mol. The Morgan fingerprint density at radius 3 is 2.67 bits per heavy atom. The molecule has 7 atom stereocenters. The van der Waals surface area contributed by atoms with Gasteiger partial charge in [-0.05, 0) is 55.1 Å². The third-order valence-corrected chi connectivity index (χ3v) is 8.47. The van der Waals surface area contributed by atoms with Gasteiger partial charge in [0.2, 0.25) is 0 Å². The van der Waals surface area contributed by atoms with E-state index in [1.165, 1.54) is 11.6 Å². The summed E-state index contributed by atoms with van der Waals surface area (Å²) in [5.41, 5.74) is -0.937. The Balaban J connectivity index is 1.81. The number of aliphatic hydroxyl groups is 2. The van der Waals surface area contributed by atoms with Gasteiger partial charge in [-0.15, -0.1) is 0 Å². The lowest BCUT2D eigenvalue weighted by Gasteiger charge is -2.55. The average Bonchev–Trinajstić information content (AvgIpc) is 2.84. The van der Waals surface area contributed by atoms with E-state index in [1.54, 1.807) is 0 Å². The molecule has 148 valence electrons. The third-order valence-electron chi connectivity index (χ3n) is 8.47. The molecule has 5 heteroatoms. The van der Waals surface area contributed by atoms with Crippen LogP contribution in [-0.2, 0) is 9.59 Å². The molecular weight excluding hydrogens is 347 g/mol. The highest BCUT2D eigenvalue weighted by atomic mass is 19.1. The van der Waals surface area contributed by atoms with Crippen molar-refractivity contribution in [3.63, 3.8) is 0 Å². The molecule has 4 rings (SSSR count). The number of hydrogen-bond donors (Lipinski definition) is 2. The van der Waals surface area contributed by atoms with Gasteiger partial charge in [-0.3, -0.25) is 9.59 Å². The SMILES string of the molecule is C[C@H]1CC2C3C[C@H](F)C4=CC(=O)CC[C@]4(C)C3=CC[C@]2(C)[C@@]1(O)C(=O)CO. The summed E-state index contributed by atoms with van der Waals surface area (Å²) in [5.74, 6) is -0.864. The molecular formula is C22H29FO4. The molecule has 2 saturated carbocycles. The standard InChI is InChI=1S/C22H29FO4/c1-12-8-16-14-10-18(23)17-9-13(25)4-6-20(17,2)15(14)5-7-21(16,3)22(12,27)19(26)11-24/h5,9,12,14,16,18,24,27H,4,6-8,10-11H2,1-3H3/t12-,14?,16?,18-,20+,21-,22-/m0/s1. The molecule has 0 radical (unpaired) electrons. The Morgan fingerprint density at radius 2 is 2.00 bits per heavy atom. The number of rotatable bonds is 2. The predicted octanol–water partition coefficient (Wildman–Crippen LogP) is 2.92. The highest BCUT2D eigenvalue weighted by Crippen LogP contribution is 2.67. The number of hydrogen-bond acceptors (Lipinski definition) is 4. The van der Waals surface area contributed by atoms with E-state index in [0.717, 1.165) is 0 Å². The largest absolute Gasteiger partial charge is 0.388 e. The summed E-state index contributed by atoms with van der Waals surface area (Å²) in [4.78, 5) is 24.4. The maximum Gasteiger partial charge on any atom is 0.190 e. The zero-order valence-electron chi connectivity index (χ0n) is 16.3. The molecule has 0 saturated heterocycles. The van der Waals surface area contributed by atoms with Crippen molar-refractivity contribution >= 4 is 11.6 Å². The number of fused-ring (bicyclic) bond motifs is 5. The lowest BCUT2D eigenvalue weighted by molar-refractivity contribution is -0.161. The fourth-order valence-electron chi connectivity index (χ4n) is 6.92. The second kappa shape index (κ2) is 5.84. The van der Waals surface area contributed by atoms with Crippen LogP contribution in [0.15, 0.2) is 23.3 Å². The predicted molar refractivity (Wildman–Crippen MR) is 98.6 cm³/mol. The maximum atomic E-state index is 15.2. The van der Waals surface area contributed by atoms with Gasteiger partial charge in [-0.25, -0.2) is 4.39 Å². The van der Waals surface area contributed by atoms with Gasteiger partial charge in [-0.2, -0.15) is 0 Å². The first-order chi connectivity index (χ1) is 12.6. The third kappa shape index (κ3) is 2.21. The number of alkyl halides is 1. The minimum Gasteiger partial charge on any atom is -0.388 e. The van der Waals surface area contributed by atoms with Gasteiger partial charge in [0.05, 0.1) is 0 Å². The quantitative estimate of drug-likeness (QED) is 0.727. The highest BCUT2D eigenvalue weighted by Gasteiger charge is 2.67. The summed E-state index contributed by atoms with van der Waals surface area (Å²) in [7, 11) is 0. The monoisotopic (exact) mass is 376 g/mol. The van der Waals surface area contributed by atoms with Gasteiger partial charge in [0, 0.05) is 17.3 Å². The minimum atomic E-state index is -1.58. The van der Waals surface area contributed by atoms with E-state index >= 15 is 4.39 Å². The first-order valence-electron chi connectivity index (χ1n) is 10.1. The maximum absolute atomic E-state index is 15.2. The van der Waals surface area contributed by atoms with Crippen molar-refractivity contribution in [2.45, 2.75) is 64.6 Å². The molecule has 4 nitrogen and oxygen atoms in total. The first-order valence-corrected chi connectivity index (χ1v) is 10.1. The second-order valence-corrected chi connectivity index (χ2v) is 9.58. The smallest absolute Gasteiger partial charge is 0.190 e. The van der Waals surface area contributed by atoms with Crippen LogP contribution in [0.3, 0.4) is 0 Å². The molecule has 0 aromatic rings. The number of carbonyl (C=O) groups excluding carboxylic acids is 2. The van der Waals surface area contributed by atoms with Gasteiger partial charge in [-0.1, -0.05) is 32.4 Å². The van der Waals surface area contributed by atoms with Gasteiger partial charge < -0.3 is 10.2 Å². The van der Waals surface area contributed by atoms with Crippen molar-refractivity contribution in [3.8, 4) is 0 Å². The van der Waals surface area contributed by atoms with Crippen molar-refractivity contribution < 1.29 is 24.2 Å². The molecule has 27 heavy (non-hydrogen) atoms. The summed E-state index contributed by atoms with van der Waals surface area (Å²) in [6.45, 7) is 5.15. The molecule has 0 amide bonds. The molecule has 0 aromatic heterocycles. The number of aliphatic hydroxyl groups excluding tert-OH is 1. The van der Waals surface area contributed by atoms with Crippen molar-refractivity contribution in [2.24, 2.45) is 28.6 Å². The molecule has 4 aliphatic rings. The van der Waals surface area contributed by atoms with Crippen LogP contribution in [0, 0.1) is 28.6 Å². The van der Waals surface area contributed by atoms with Crippen LogP contribution in [-0.4, -0.2) is 40.2 Å². The Labute approximate surface area is 159 Å². The number of halogens is 1. The molecule has 0 aromatic carbocycles. The number of allylic oxidation sites excluding steroid dienone is 4. The Bertz CT molecular complexity index is 770. The Hall–Kier alpha value is -1.33. The Morgan fingerprint density at radius 1 is 1.30 bits per heavy atom. The molecule has 0 bridgehead atoms. The number of ketones is 2. The molecule has 0 heterocycles. The highest BCUT2D eigenvalue weighted by molar-refractivity contribution is 5.92. The molecule has 0 aliphatic heterocycles. The zero-order valence-corrected chi connectivity index (χ0v) is 16.3. The van der Waals surface area contributed by atoms with E-state index in [-0.39, 0.29) is 23.5 Å². The van der Waals surface area contributed by atoms with Crippen LogP contribution in [0.4, 0.5) is 4.39 Å². The van der Waals surface area contributed by atoms with Crippen LogP contribution < -0.4 is 0 Å². The normalized spacial score (nSPS) is 48.9. The lowest BCUT2D eigenvalue weighted by atomic mass is 9.50. The van der Waals surface area contributed by atoms with Crippen molar-refractivity contribution in [1.29, 1.82) is 0 Å². The fourth-order valence-corrected chi connectivity index (χ4v) is 6.92. The van der Waals surface area contributed by atoms with Crippen molar-refractivity contribution in [1.82, 2.24) is 0 Å². The van der Waals surface area contributed by atoms with E-state index in [0.29, 0.717) is 37.7 Å². The summed E-state index contributed by atoms with van der Waals surface area (Å²) >= 11 is 0. The summed E-state index contributed by atoms with van der Waals surface area (Å²) in [6.07, 6.45) is 4.98. The molecule has 2 unspecified atom stereocenters. The zero-order chi connectivity index (χ0) is 19.8.